The Morgan fingerprint density at radius 3 is 2.65 bits per heavy atom. The van der Waals surface area contributed by atoms with Gasteiger partial charge in [0.15, 0.2) is 0 Å². The molecule has 1 aromatic carbocycles. The molecule has 1 aliphatic carbocycles. The van der Waals surface area contributed by atoms with Crippen LogP contribution in [0.3, 0.4) is 0 Å². The summed E-state index contributed by atoms with van der Waals surface area (Å²) in [6.45, 7) is 4.97. The molecule has 2 aromatic heterocycles. The number of hydrogen-bond donors (Lipinski definition) is 1. The summed E-state index contributed by atoms with van der Waals surface area (Å²) < 4.78 is 16.3. The normalized spacial score (nSPS) is 24.9. The van der Waals surface area contributed by atoms with Crippen molar-refractivity contribution < 1.29 is 14.3 Å². The maximum Gasteiger partial charge on any atom is 0.303 e. The minimum Gasteiger partial charge on any atom is -0.481 e. The Labute approximate surface area is 218 Å². The molecule has 2 saturated heterocycles. The van der Waals surface area contributed by atoms with Gasteiger partial charge in [-0.05, 0) is 87.4 Å². The largest absolute Gasteiger partial charge is 0.481 e. The molecule has 3 fully saturated rings. The van der Waals surface area contributed by atoms with Crippen molar-refractivity contribution in [1.82, 2.24) is 19.2 Å². The van der Waals surface area contributed by atoms with Crippen molar-refractivity contribution in [3.05, 3.63) is 71.9 Å². The van der Waals surface area contributed by atoms with Gasteiger partial charge in [0.05, 0.1) is 5.69 Å². The minimum atomic E-state index is -0.711. The van der Waals surface area contributed by atoms with E-state index in [0.29, 0.717) is 11.8 Å². The highest BCUT2D eigenvalue weighted by Gasteiger charge is 2.48. The van der Waals surface area contributed by atoms with Gasteiger partial charge >= 0.3 is 5.97 Å². The number of carbonyl (C=O) groups is 1. The summed E-state index contributed by atoms with van der Waals surface area (Å²) >= 11 is 0. The molecular formula is C30H37FN4O2. The molecule has 2 aliphatic heterocycles. The monoisotopic (exact) mass is 504 g/mol. The highest BCUT2D eigenvalue weighted by Crippen LogP contribution is 2.47. The van der Waals surface area contributed by atoms with E-state index in [-0.39, 0.29) is 23.7 Å². The van der Waals surface area contributed by atoms with Gasteiger partial charge in [-0.25, -0.2) is 9.37 Å². The number of imidazole rings is 1. The summed E-state index contributed by atoms with van der Waals surface area (Å²) in [5, 5.41) is 9.34. The molecule has 37 heavy (non-hydrogen) atoms. The van der Waals surface area contributed by atoms with Crippen LogP contribution in [0.5, 0.6) is 0 Å². The molecule has 0 spiro atoms. The Morgan fingerprint density at radius 2 is 1.95 bits per heavy atom. The predicted molar refractivity (Wildman–Crippen MR) is 141 cm³/mol. The minimum absolute atomic E-state index is 0.00876. The van der Waals surface area contributed by atoms with E-state index in [0.717, 1.165) is 76.0 Å². The topological polar surface area (TPSA) is 61.1 Å². The molecule has 6 nitrogen and oxygen atoms in total. The van der Waals surface area contributed by atoms with Crippen molar-refractivity contribution in [1.29, 1.82) is 0 Å². The van der Waals surface area contributed by atoms with E-state index in [9.17, 15) is 14.3 Å². The Bertz CT molecular complexity index is 1210. The van der Waals surface area contributed by atoms with E-state index in [4.69, 9.17) is 4.98 Å². The number of aliphatic carboxylic acids is 1. The van der Waals surface area contributed by atoms with Crippen molar-refractivity contribution in [2.24, 2.45) is 5.92 Å². The number of hydrogen-bond acceptors (Lipinski definition) is 4. The van der Waals surface area contributed by atoms with Crippen LogP contribution in [0, 0.1) is 11.7 Å². The molecule has 3 aromatic rings. The van der Waals surface area contributed by atoms with Gasteiger partial charge in [0, 0.05) is 55.8 Å². The van der Waals surface area contributed by atoms with Crippen LogP contribution in [0.4, 0.5) is 4.39 Å². The van der Waals surface area contributed by atoms with Gasteiger partial charge in [0.25, 0.3) is 0 Å². The second-order valence-electron chi connectivity index (χ2n) is 11.5. The van der Waals surface area contributed by atoms with E-state index in [1.165, 1.54) is 18.2 Å². The highest BCUT2D eigenvalue weighted by molar-refractivity contribution is 5.66. The molecule has 7 heteroatoms. The van der Waals surface area contributed by atoms with Crippen LogP contribution in [-0.4, -0.2) is 68.5 Å². The molecule has 196 valence electrons. The molecule has 0 amide bonds. The number of nitrogens with zero attached hydrogens (tertiary/aromatic N) is 4. The fourth-order valence-corrected chi connectivity index (χ4v) is 7.10. The average molecular weight is 505 g/mol. The van der Waals surface area contributed by atoms with Gasteiger partial charge in [-0.15, -0.1) is 0 Å². The van der Waals surface area contributed by atoms with E-state index < -0.39 is 5.97 Å². The lowest BCUT2D eigenvalue weighted by Crippen LogP contribution is -2.53. The third-order valence-corrected chi connectivity index (χ3v) is 9.36. The molecule has 1 N–H and O–H groups in total. The summed E-state index contributed by atoms with van der Waals surface area (Å²) in [5.41, 5.74) is 3.30. The van der Waals surface area contributed by atoms with Gasteiger partial charge in [-0.1, -0.05) is 18.2 Å². The standard InChI is InChI=1S/C30H37FN4O2/c31-25-6-3-5-23(17-25)26-20-35(30(11-4-12-30)13-8-29(36)37)19-24(26)18-33-15-9-22(10-16-33)27-21-34-14-2-1-7-28(34)32-27/h1-3,5-7,14,17,21-22,24,26H,4,8-13,15-16,18-20H2,(H,36,37)/t24-,26+/m0/s1. The molecule has 2 atom stereocenters. The van der Waals surface area contributed by atoms with Crippen LogP contribution >= 0.6 is 0 Å². The summed E-state index contributed by atoms with van der Waals surface area (Å²) in [6.07, 6.45) is 10.7. The predicted octanol–water partition coefficient (Wildman–Crippen LogP) is 5.16. The highest BCUT2D eigenvalue weighted by atomic mass is 19.1. The zero-order chi connectivity index (χ0) is 25.4. The quantitative estimate of drug-likeness (QED) is 0.459. The number of aromatic nitrogens is 2. The fraction of sp³-hybridized carbons (Fsp3) is 0.533. The van der Waals surface area contributed by atoms with Crippen molar-refractivity contribution in [2.75, 3.05) is 32.7 Å². The molecular weight excluding hydrogens is 467 g/mol. The fourth-order valence-electron chi connectivity index (χ4n) is 7.10. The summed E-state index contributed by atoms with van der Waals surface area (Å²) in [7, 11) is 0. The molecule has 0 bridgehead atoms. The van der Waals surface area contributed by atoms with Crippen LogP contribution in [0.2, 0.25) is 0 Å². The molecule has 6 rings (SSSR count). The molecule has 3 aliphatic rings. The number of halogens is 1. The molecule has 1 saturated carbocycles. The Morgan fingerprint density at radius 1 is 1.11 bits per heavy atom. The second kappa shape index (κ2) is 10.2. The van der Waals surface area contributed by atoms with Gasteiger partial charge in [0.1, 0.15) is 11.5 Å². The van der Waals surface area contributed by atoms with E-state index >= 15 is 0 Å². The van der Waals surface area contributed by atoms with E-state index in [1.54, 1.807) is 6.07 Å². The smallest absolute Gasteiger partial charge is 0.303 e. The van der Waals surface area contributed by atoms with Gasteiger partial charge in [-0.3, -0.25) is 9.69 Å². The zero-order valence-corrected chi connectivity index (χ0v) is 21.4. The number of likely N-dealkylation sites (tertiary alicyclic amines) is 2. The average Bonchev–Trinajstić information content (AvgIpc) is 3.48. The maximum absolute atomic E-state index is 14.2. The number of carboxylic acids is 1. The number of rotatable bonds is 8. The summed E-state index contributed by atoms with van der Waals surface area (Å²) in [6, 6.07) is 13.3. The van der Waals surface area contributed by atoms with E-state index in [2.05, 4.69) is 38.7 Å². The maximum atomic E-state index is 14.2. The number of piperidine rings is 1. The lowest BCUT2D eigenvalue weighted by atomic mass is 9.72. The number of fused-ring (bicyclic) bond motifs is 1. The van der Waals surface area contributed by atoms with Crippen LogP contribution in [-0.2, 0) is 4.79 Å². The first-order chi connectivity index (χ1) is 18.0. The first-order valence-corrected chi connectivity index (χ1v) is 13.9. The van der Waals surface area contributed by atoms with Crippen molar-refractivity contribution in [2.45, 2.75) is 62.3 Å². The van der Waals surface area contributed by atoms with Crippen LogP contribution in [0.25, 0.3) is 5.65 Å². The molecule has 4 heterocycles. The Kier molecular flexibility index (Phi) is 6.76. The van der Waals surface area contributed by atoms with Gasteiger partial charge < -0.3 is 14.4 Å². The van der Waals surface area contributed by atoms with Gasteiger partial charge in [0.2, 0.25) is 0 Å². The Hall–Kier alpha value is -2.77. The lowest BCUT2D eigenvalue weighted by Gasteiger charge is -2.49. The first kappa shape index (κ1) is 24.6. The Balaban J connectivity index is 1.15. The van der Waals surface area contributed by atoms with Crippen molar-refractivity contribution in [3.63, 3.8) is 0 Å². The van der Waals surface area contributed by atoms with Crippen LogP contribution in [0.1, 0.15) is 68.0 Å². The van der Waals surface area contributed by atoms with E-state index in [1.807, 2.05) is 18.2 Å². The number of carboxylic acid groups (broad SMARTS) is 1. The second-order valence-corrected chi connectivity index (χ2v) is 11.5. The van der Waals surface area contributed by atoms with Crippen LogP contribution < -0.4 is 0 Å². The summed E-state index contributed by atoms with van der Waals surface area (Å²) in [5.74, 6) is 0.291. The third kappa shape index (κ3) is 5.04. The van der Waals surface area contributed by atoms with Crippen LogP contribution in [0.15, 0.2) is 54.9 Å². The zero-order valence-electron chi connectivity index (χ0n) is 21.4. The first-order valence-electron chi connectivity index (χ1n) is 13.9. The number of benzene rings is 1. The lowest BCUT2D eigenvalue weighted by molar-refractivity contribution is -0.138. The molecule has 0 radical (unpaired) electrons. The third-order valence-electron chi connectivity index (χ3n) is 9.36. The molecule has 0 unspecified atom stereocenters. The summed E-state index contributed by atoms with van der Waals surface area (Å²) in [4.78, 5) is 21.4. The SMILES string of the molecule is O=C(O)CCC1(N2C[C@H](CN3CCC(c4cn5ccccc5n4)CC3)[C@@H](c3cccc(F)c3)C2)CCC1. The van der Waals surface area contributed by atoms with Crippen molar-refractivity contribution >= 4 is 11.6 Å². The van der Waals surface area contributed by atoms with Gasteiger partial charge in [-0.2, -0.15) is 0 Å². The van der Waals surface area contributed by atoms with Crippen molar-refractivity contribution in [3.8, 4) is 0 Å². The number of pyridine rings is 1.